The third-order valence-corrected chi connectivity index (χ3v) is 2.60. The third kappa shape index (κ3) is 3.76. The quantitative estimate of drug-likeness (QED) is 0.610. The maximum Gasteiger partial charge on any atom is 0.223 e. The van der Waals surface area contributed by atoms with Gasteiger partial charge in [-0.05, 0) is 25.1 Å². The number of carbonyl (C=O) groups is 2. The standard InChI is InChI=1S/C13H19N3O2/c1-9(17)11-8-10(4-5-12(11)14)15-7-6-13(18)16(2)3/h4-5,8,15H,6-7,14H2,1-3H3. The topological polar surface area (TPSA) is 75.4 Å². The predicted octanol–water partition coefficient (Wildman–Crippen LogP) is 1.36. The van der Waals surface area contributed by atoms with E-state index in [4.69, 9.17) is 5.73 Å². The Morgan fingerprint density at radius 3 is 2.56 bits per heavy atom. The van der Waals surface area contributed by atoms with Gasteiger partial charge in [-0.1, -0.05) is 0 Å². The molecule has 3 N–H and O–H groups in total. The number of nitrogens with two attached hydrogens (primary N) is 1. The Morgan fingerprint density at radius 2 is 2.00 bits per heavy atom. The number of anilines is 2. The second-order valence-electron chi connectivity index (χ2n) is 4.32. The van der Waals surface area contributed by atoms with Crippen molar-refractivity contribution in [1.82, 2.24) is 4.90 Å². The highest BCUT2D eigenvalue weighted by Gasteiger charge is 2.06. The molecule has 0 spiro atoms. The Hall–Kier alpha value is -2.04. The minimum absolute atomic E-state index is 0.0599. The van der Waals surface area contributed by atoms with Gasteiger partial charge in [0.2, 0.25) is 5.91 Å². The van der Waals surface area contributed by atoms with Crippen LogP contribution in [-0.4, -0.2) is 37.2 Å². The van der Waals surface area contributed by atoms with Gasteiger partial charge >= 0.3 is 0 Å². The van der Waals surface area contributed by atoms with Crippen molar-refractivity contribution in [2.24, 2.45) is 0 Å². The minimum atomic E-state index is -0.0690. The lowest BCUT2D eigenvalue weighted by Gasteiger charge is -2.12. The minimum Gasteiger partial charge on any atom is -0.398 e. The molecule has 0 unspecified atom stereocenters. The largest absolute Gasteiger partial charge is 0.398 e. The van der Waals surface area contributed by atoms with Crippen LogP contribution >= 0.6 is 0 Å². The van der Waals surface area contributed by atoms with Crippen molar-refractivity contribution >= 4 is 23.1 Å². The van der Waals surface area contributed by atoms with Crippen molar-refractivity contribution in [2.45, 2.75) is 13.3 Å². The number of hydrogen-bond donors (Lipinski definition) is 2. The number of nitrogens with one attached hydrogen (secondary N) is 1. The SMILES string of the molecule is CC(=O)c1cc(NCCC(=O)N(C)C)ccc1N. The van der Waals surface area contributed by atoms with Crippen LogP contribution in [0.5, 0.6) is 0 Å². The van der Waals surface area contributed by atoms with E-state index in [9.17, 15) is 9.59 Å². The monoisotopic (exact) mass is 249 g/mol. The first-order chi connectivity index (χ1) is 8.41. The summed E-state index contributed by atoms with van der Waals surface area (Å²) in [5.41, 5.74) is 7.46. The van der Waals surface area contributed by atoms with Crippen LogP contribution in [0.3, 0.4) is 0 Å². The molecule has 1 amide bonds. The smallest absolute Gasteiger partial charge is 0.223 e. The van der Waals surface area contributed by atoms with Crippen LogP contribution in [0.4, 0.5) is 11.4 Å². The summed E-state index contributed by atoms with van der Waals surface area (Å²) >= 11 is 0. The maximum atomic E-state index is 11.4. The molecule has 98 valence electrons. The van der Waals surface area contributed by atoms with E-state index in [0.29, 0.717) is 24.2 Å². The number of nitrogens with zero attached hydrogens (tertiary/aromatic N) is 1. The van der Waals surface area contributed by atoms with Gasteiger partial charge in [0.05, 0.1) is 0 Å². The van der Waals surface area contributed by atoms with Gasteiger partial charge in [-0.3, -0.25) is 9.59 Å². The molecule has 0 bridgehead atoms. The lowest BCUT2D eigenvalue weighted by molar-refractivity contribution is -0.128. The van der Waals surface area contributed by atoms with E-state index in [2.05, 4.69) is 5.32 Å². The summed E-state index contributed by atoms with van der Waals surface area (Å²) in [7, 11) is 3.44. The van der Waals surface area contributed by atoms with Crippen LogP contribution in [0.2, 0.25) is 0 Å². The Bertz CT molecular complexity index is 456. The van der Waals surface area contributed by atoms with Crippen molar-refractivity contribution in [3.63, 3.8) is 0 Å². The van der Waals surface area contributed by atoms with E-state index in [-0.39, 0.29) is 11.7 Å². The van der Waals surface area contributed by atoms with Crippen molar-refractivity contribution in [2.75, 3.05) is 31.7 Å². The van der Waals surface area contributed by atoms with Gasteiger partial charge in [0, 0.05) is 44.0 Å². The molecule has 0 aromatic heterocycles. The van der Waals surface area contributed by atoms with E-state index in [0.717, 1.165) is 5.69 Å². The fourth-order valence-corrected chi connectivity index (χ4v) is 1.51. The molecule has 1 rings (SSSR count). The van der Waals surface area contributed by atoms with Gasteiger partial charge in [0.1, 0.15) is 0 Å². The average Bonchev–Trinajstić information content (AvgIpc) is 2.30. The highest BCUT2D eigenvalue weighted by Crippen LogP contribution is 2.18. The van der Waals surface area contributed by atoms with Crippen LogP contribution in [0.15, 0.2) is 18.2 Å². The van der Waals surface area contributed by atoms with E-state index < -0.39 is 0 Å². The first-order valence-electron chi connectivity index (χ1n) is 5.76. The Balaban J connectivity index is 2.61. The number of hydrogen-bond acceptors (Lipinski definition) is 4. The van der Waals surface area contributed by atoms with Crippen LogP contribution in [0, 0.1) is 0 Å². The van der Waals surface area contributed by atoms with Gasteiger partial charge in [0.15, 0.2) is 5.78 Å². The first-order valence-corrected chi connectivity index (χ1v) is 5.76. The summed E-state index contributed by atoms with van der Waals surface area (Å²) in [6.45, 7) is 2.00. The zero-order valence-corrected chi connectivity index (χ0v) is 11.0. The van der Waals surface area contributed by atoms with Crippen LogP contribution in [-0.2, 0) is 4.79 Å². The number of amides is 1. The molecule has 1 aromatic carbocycles. The second-order valence-corrected chi connectivity index (χ2v) is 4.32. The maximum absolute atomic E-state index is 11.4. The molecule has 0 aliphatic rings. The van der Waals surface area contributed by atoms with Crippen LogP contribution in [0.25, 0.3) is 0 Å². The third-order valence-electron chi connectivity index (χ3n) is 2.60. The number of rotatable bonds is 5. The highest BCUT2D eigenvalue weighted by molar-refractivity contribution is 6.00. The lowest BCUT2D eigenvalue weighted by atomic mass is 10.1. The van der Waals surface area contributed by atoms with Crippen molar-refractivity contribution < 1.29 is 9.59 Å². The van der Waals surface area contributed by atoms with Crippen molar-refractivity contribution in [3.05, 3.63) is 23.8 Å². The molecule has 1 aromatic rings. The lowest BCUT2D eigenvalue weighted by Crippen LogP contribution is -2.23. The molecule has 0 heterocycles. The fourth-order valence-electron chi connectivity index (χ4n) is 1.51. The second kappa shape index (κ2) is 6.05. The number of nitrogen functional groups attached to an aromatic ring is 1. The van der Waals surface area contributed by atoms with E-state index in [1.54, 1.807) is 37.2 Å². The summed E-state index contributed by atoms with van der Waals surface area (Å²) in [4.78, 5) is 24.2. The van der Waals surface area contributed by atoms with Gasteiger partial charge < -0.3 is 16.0 Å². The van der Waals surface area contributed by atoms with Gasteiger partial charge in [0.25, 0.3) is 0 Å². The molecule has 0 aliphatic carbocycles. The zero-order valence-electron chi connectivity index (χ0n) is 11.0. The molecule has 0 saturated heterocycles. The molecule has 18 heavy (non-hydrogen) atoms. The van der Waals surface area contributed by atoms with Crippen molar-refractivity contribution in [1.29, 1.82) is 0 Å². The fraction of sp³-hybridized carbons (Fsp3) is 0.385. The molecule has 0 fully saturated rings. The first kappa shape index (κ1) is 14.0. The number of carbonyl (C=O) groups excluding carboxylic acids is 2. The number of Topliss-reactive ketones (excluding diaryl/α,β-unsaturated/α-hetero) is 1. The molecular weight excluding hydrogens is 230 g/mol. The molecule has 0 atom stereocenters. The van der Waals surface area contributed by atoms with Gasteiger partial charge in [-0.25, -0.2) is 0 Å². The summed E-state index contributed by atoms with van der Waals surface area (Å²) in [5, 5.41) is 3.10. The molecule has 5 heteroatoms. The molecular formula is C13H19N3O2. The molecule has 0 saturated carbocycles. The zero-order chi connectivity index (χ0) is 13.7. The van der Waals surface area contributed by atoms with E-state index >= 15 is 0 Å². The normalized spacial score (nSPS) is 9.94. The van der Waals surface area contributed by atoms with Crippen LogP contribution < -0.4 is 11.1 Å². The molecule has 5 nitrogen and oxygen atoms in total. The Morgan fingerprint density at radius 1 is 1.33 bits per heavy atom. The van der Waals surface area contributed by atoms with Crippen LogP contribution in [0.1, 0.15) is 23.7 Å². The van der Waals surface area contributed by atoms with E-state index in [1.165, 1.54) is 6.92 Å². The van der Waals surface area contributed by atoms with Gasteiger partial charge in [-0.2, -0.15) is 0 Å². The molecule has 0 radical (unpaired) electrons. The number of benzene rings is 1. The summed E-state index contributed by atoms with van der Waals surface area (Å²) in [6.07, 6.45) is 0.410. The predicted molar refractivity (Wildman–Crippen MR) is 72.7 cm³/mol. The Kier molecular flexibility index (Phi) is 4.71. The summed E-state index contributed by atoms with van der Waals surface area (Å²) in [6, 6.07) is 5.19. The van der Waals surface area contributed by atoms with Gasteiger partial charge in [-0.15, -0.1) is 0 Å². The highest BCUT2D eigenvalue weighted by atomic mass is 16.2. The average molecular weight is 249 g/mol. The summed E-state index contributed by atoms with van der Waals surface area (Å²) in [5.74, 6) is -0.00902. The van der Waals surface area contributed by atoms with Crippen molar-refractivity contribution in [3.8, 4) is 0 Å². The Labute approximate surface area is 107 Å². The molecule has 0 aliphatic heterocycles. The number of ketones is 1. The summed E-state index contributed by atoms with van der Waals surface area (Å²) < 4.78 is 0. The van der Waals surface area contributed by atoms with E-state index in [1.807, 2.05) is 0 Å².